The van der Waals surface area contributed by atoms with E-state index in [9.17, 15) is 9.59 Å². The van der Waals surface area contributed by atoms with Crippen molar-refractivity contribution in [2.45, 2.75) is 5.37 Å². The monoisotopic (exact) mass is 438 g/mol. The maximum Gasteiger partial charge on any atom is 0.255 e. The van der Waals surface area contributed by atoms with Crippen LogP contribution in [0.2, 0.25) is 5.02 Å². The Hall–Kier alpha value is -2.96. The molecule has 1 aliphatic heterocycles. The van der Waals surface area contributed by atoms with E-state index in [2.05, 4.69) is 5.32 Å². The number of carbonyl (C=O) groups excluding carboxylic acids is 2. The van der Waals surface area contributed by atoms with Gasteiger partial charge in [-0.25, -0.2) is 0 Å². The molecule has 4 rings (SSSR count). The minimum atomic E-state index is -0.217. The summed E-state index contributed by atoms with van der Waals surface area (Å²) < 4.78 is 5.21. The van der Waals surface area contributed by atoms with Crippen LogP contribution in [0.1, 0.15) is 21.3 Å². The minimum Gasteiger partial charge on any atom is -0.497 e. The van der Waals surface area contributed by atoms with Crippen molar-refractivity contribution in [1.82, 2.24) is 0 Å². The van der Waals surface area contributed by atoms with E-state index in [1.807, 2.05) is 48.5 Å². The molecule has 2 amide bonds. The highest BCUT2D eigenvalue weighted by atomic mass is 35.5. The molecule has 0 aromatic heterocycles. The summed E-state index contributed by atoms with van der Waals surface area (Å²) in [5.41, 5.74) is 2.94. The highest BCUT2D eigenvalue weighted by molar-refractivity contribution is 8.00. The van der Waals surface area contributed by atoms with Crippen LogP contribution in [0.3, 0.4) is 0 Å². The predicted octanol–water partition coefficient (Wildman–Crippen LogP) is 5.38. The second-order valence-corrected chi connectivity index (χ2v) is 8.22. The number of rotatable bonds is 5. The topological polar surface area (TPSA) is 58.6 Å². The third-order valence-corrected chi connectivity index (χ3v) is 6.22. The second kappa shape index (κ2) is 8.81. The second-order valence-electron chi connectivity index (χ2n) is 6.71. The average Bonchev–Trinajstić information content (AvgIpc) is 3.16. The van der Waals surface area contributed by atoms with E-state index in [0.717, 1.165) is 17.0 Å². The van der Waals surface area contributed by atoms with Crippen molar-refractivity contribution in [2.75, 3.05) is 23.1 Å². The Morgan fingerprint density at radius 1 is 1.10 bits per heavy atom. The molecule has 1 fully saturated rings. The molecule has 3 aromatic carbocycles. The Balaban J connectivity index is 1.56. The van der Waals surface area contributed by atoms with Crippen LogP contribution in [0.15, 0.2) is 72.8 Å². The maximum absolute atomic E-state index is 12.6. The fourth-order valence-corrected chi connectivity index (χ4v) is 4.56. The van der Waals surface area contributed by atoms with Crippen LogP contribution >= 0.6 is 23.4 Å². The summed E-state index contributed by atoms with van der Waals surface area (Å²) in [4.78, 5) is 26.9. The Morgan fingerprint density at radius 2 is 1.83 bits per heavy atom. The van der Waals surface area contributed by atoms with Gasteiger partial charge in [0.15, 0.2) is 0 Å². The standard InChI is InChI=1S/C23H19ClN2O3S/c1-29-20-11-9-19(10-12-20)26-21(27)14-30-23(26)16-3-2-4-18(13-16)25-22(28)15-5-7-17(24)8-6-15/h2-13,23H,14H2,1H3,(H,25,28)/t23-/m0/s1. The highest BCUT2D eigenvalue weighted by Crippen LogP contribution is 2.42. The van der Waals surface area contributed by atoms with Crippen molar-refractivity contribution in [3.8, 4) is 5.75 Å². The summed E-state index contributed by atoms with van der Waals surface area (Å²) >= 11 is 7.45. The zero-order chi connectivity index (χ0) is 21.1. The number of halogens is 1. The van der Waals surface area contributed by atoms with E-state index in [0.29, 0.717) is 22.0 Å². The molecule has 3 aromatic rings. The summed E-state index contributed by atoms with van der Waals surface area (Å²) in [5.74, 6) is 0.969. The summed E-state index contributed by atoms with van der Waals surface area (Å²) in [5, 5.41) is 3.32. The van der Waals surface area contributed by atoms with Crippen LogP contribution in [0, 0.1) is 0 Å². The largest absolute Gasteiger partial charge is 0.497 e. The third kappa shape index (κ3) is 4.30. The number of anilines is 2. The van der Waals surface area contributed by atoms with E-state index in [4.69, 9.17) is 16.3 Å². The van der Waals surface area contributed by atoms with Gasteiger partial charge in [0.1, 0.15) is 11.1 Å². The Labute approximate surface area is 184 Å². The zero-order valence-electron chi connectivity index (χ0n) is 16.2. The van der Waals surface area contributed by atoms with Gasteiger partial charge in [-0.05, 0) is 66.2 Å². The molecule has 0 saturated carbocycles. The smallest absolute Gasteiger partial charge is 0.255 e. The SMILES string of the molecule is COc1ccc(N2C(=O)CS[C@H]2c2cccc(NC(=O)c3ccc(Cl)cc3)c2)cc1. The van der Waals surface area contributed by atoms with Crippen molar-refractivity contribution >= 4 is 46.6 Å². The molecule has 7 heteroatoms. The number of ether oxygens (including phenoxy) is 1. The van der Waals surface area contributed by atoms with E-state index < -0.39 is 0 Å². The van der Waals surface area contributed by atoms with E-state index in [-0.39, 0.29) is 17.2 Å². The Kier molecular flexibility index (Phi) is 5.97. The van der Waals surface area contributed by atoms with Crippen molar-refractivity contribution in [1.29, 1.82) is 0 Å². The lowest BCUT2D eigenvalue weighted by molar-refractivity contribution is -0.115. The summed E-state index contributed by atoms with van der Waals surface area (Å²) in [6.07, 6.45) is 0. The van der Waals surface area contributed by atoms with E-state index >= 15 is 0 Å². The lowest BCUT2D eigenvalue weighted by Crippen LogP contribution is -2.27. The molecule has 0 radical (unpaired) electrons. The first-order valence-corrected chi connectivity index (χ1v) is 10.7. The number of methoxy groups -OCH3 is 1. The molecule has 1 saturated heterocycles. The predicted molar refractivity (Wildman–Crippen MR) is 122 cm³/mol. The Morgan fingerprint density at radius 3 is 2.53 bits per heavy atom. The molecule has 1 N–H and O–H groups in total. The first-order valence-electron chi connectivity index (χ1n) is 9.30. The van der Waals surface area contributed by atoms with Crippen LogP contribution in [-0.4, -0.2) is 24.7 Å². The van der Waals surface area contributed by atoms with Crippen LogP contribution in [0.5, 0.6) is 5.75 Å². The van der Waals surface area contributed by atoms with Crippen molar-refractivity contribution in [3.05, 3.63) is 88.9 Å². The number of amides is 2. The highest BCUT2D eigenvalue weighted by Gasteiger charge is 2.34. The molecule has 0 spiro atoms. The first kappa shape index (κ1) is 20.3. The maximum atomic E-state index is 12.6. The van der Waals surface area contributed by atoms with Crippen LogP contribution < -0.4 is 15.0 Å². The molecule has 0 aliphatic carbocycles. The third-order valence-electron chi connectivity index (χ3n) is 4.75. The van der Waals surface area contributed by atoms with Gasteiger partial charge < -0.3 is 10.1 Å². The van der Waals surface area contributed by atoms with Crippen molar-refractivity contribution in [2.24, 2.45) is 0 Å². The van der Waals surface area contributed by atoms with E-state index in [1.165, 1.54) is 0 Å². The van der Waals surface area contributed by atoms with Crippen LogP contribution in [0.25, 0.3) is 0 Å². The van der Waals surface area contributed by atoms with Gasteiger partial charge in [0.25, 0.3) is 5.91 Å². The summed E-state index contributed by atoms with van der Waals surface area (Å²) in [6.45, 7) is 0. The molecule has 30 heavy (non-hydrogen) atoms. The molecule has 0 unspecified atom stereocenters. The average molecular weight is 439 g/mol. The van der Waals surface area contributed by atoms with Gasteiger partial charge in [0.2, 0.25) is 5.91 Å². The fraction of sp³-hybridized carbons (Fsp3) is 0.130. The molecule has 152 valence electrons. The normalized spacial score (nSPS) is 15.9. The molecule has 1 heterocycles. The van der Waals surface area contributed by atoms with Gasteiger partial charge >= 0.3 is 0 Å². The molecule has 5 nitrogen and oxygen atoms in total. The molecular formula is C23H19ClN2O3S. The summed E-state index contributed by atoms with van der Waals surface area (Å²) in [7, 11) is 1.61. The van der Waals surface area contributed by atoms with Gasteiger partial charge in [0, 0.05) is 22.0 Å². The molecular weight excluding hydrogens is 420 g/mol. The number of thioether (sulfide) groups is 1. The van der Waals surface area contributed by atoms with Gasteiger partial charge in [0.05, 0.1) is 12.9 Å². The lowest BCUT2D eigenvalue weighted by Gasteiger charge is -2.25. The number of benzene rings is 3. The number of hydrogen-bond acceptors (Lipinski definition) is 4. The molecule has 1 aliphatic rings. The number of carbonyl (C=O) groups is 2. The van der Waals surface area contributed by atoms with Gasteiger partial charge in [-0.15, -0.1) is 11.8 Å². The number of nitrogens with one attached hydrogen (secondary N) is 1. The number of hydrogen-bond donors (Lipinski definition) is 1. The van der Waals surface area contributed by atoms with Crippen LogP contribution in [0.4, 0.5) is 11.4 Å². The zero-order valence-corrected chi connectivity index (χ0v) is 17.7. The Bertz CT molecular complexity index is 1070. The van der Waals surface area contributed by atoms with Crippen molar-refractivity contribution in [3.63, 3.8) is 0 Å². The first-order chi connectivity index (χ1) is 14.5. The summed E-state index contributed by atoms with van der Waals surface area (Å²) in [6, 6.07) is 21.7. The number of nitrogens with zero attached hydrogens (tertiary/aromatic N) is 1. The van der Waals surface area contributed by atoms with Crippen molar-refractivity contribution < 1.29 is 14.3 Å². The fourth-order valence-electron chi connectivity index (χ4n) is 3.27. The van der Waals surface area contributed by atoms with E-state index in [1.54, 1.807) is 48.0 Å². The van der Waals surface area contributed by atoms with Gasteiger partial charge in [-0.1, -0.05) is 23.7 Å². The molecule has 1 atom stereocenters. The van der Waals surface area contributed by atoms with Gasteiger partial charge in [-0.3, -0.25) is 14.5 Å². The van der Waals surface area contributed by atoms with Gasteiger partial charge in [-0.2, -0.15) is 0 Å². The lowest BCUT2D eigenvalue weighted by atomic mass is 10.1. The minimum absolute atomic E-state index is 0.0470. The van der Waals surface area contributed by atoms with Crippen LogP contribution in [-0.2, 0) is 4.79 Å². The quantitative estimate of drug-likeness (QED) is 0.581. The molecule has 0 bridgehead atoms.